The van der Waals surface area contributed by atoms with Gasteiger partial charge in [0.15, 0.2) is 0 Å². The molecule has 0 radical (unpaired) electrons. The van der Waals surface area contributed by atoms with E-state index in [1.54, 1.807) is 0 Å². The molecule has 0 heteroatoms. The van der Waals surface area contributed by atoms with Crippen molar-refractivity contribution in [3.05, 3.63) is 29.0 Å². The first kappa shape index (κ1) is 7.37. The van der Waals surface area contributed by atoms with Gasteiger partial charge in [0.2, 0.25) is 0 Å². The summed E-state index contributed by atoms with van der Waals surface area (Å²) in [7, 11) is 0. The lowest BCUT2D eigenvalue weighted by Gasteiger charge is -2.08. The zero-order valence-electron chi connectivity index (χ0n) is 6.94. The van der Waals surface area contributed by atoms with E-state index in [1.807, 2.05) is 0 Å². The van der Waals surface area contributed by atoms with Crippen LogP contribution in [-0.2, 0) is 0 Å². The summed E-state index contributed by atoms with van der Waals surface area (Å²) in [6.07, 6.45) is 5.48. The standard InChI is InChI=1S/C10H14/c1-8(2)10-6-4-9(3)5-7-10/h6-8H,4H2,1-3H3. The highest BCUT2D eigenvalue weighted by Gasteiger charge is 2.00. The van der Waals surface area contributed by atoms with Gasteiger partial charge in [0, 0.05) is 0 Å². The Morgan fingerprint density at radius 2 is 2.20 bits per heavy atom. The van der Waals surface area contributed by atoms with Crippen molar-refractivity contribution in [1.82, 2.24) is 0 Å². The second kappa shape index (κ2) is 2.90. The van der Waals surface area contributed by atoms with Gasteiger partial charge >= 0.3 is 0 Å². The minimum atomic E-state index is 0.653. The molecule has 54 valence electrons. The van der Waals surface area contributed by atoms with E-state index in [4.69, 9.17) is 0 Å². The molecule has 1 aliphatic carbocycles. The lowest BCUT2D eigenvalue weighted by molar-refractivity contribution is 0.783. The monoisotopic (exact) mass is 134 g/mol. The quantitative estimate of drug-likeness (QED) is 0.483. The van der Waals surface area contributed by atoms with Gasteiger partial charge in [-0.25, -0.2) is 0 Å². The van der Waals surface area contributed by atoms with Crippen LogP contribution in [0.1, 0.15) is 27.2 Å². The van der Waals surface area contributed by atoms with Crippen molar-refractivity contribution in [2.45, 2.75) is 27.2 Å². The molecule has 0 N–H and O–H groups in total. The second-order valence-corrected chi connectivity index (χ2v) is 3.13. The molecule has 0 spiro atoms. The summed E-state index contributed by atoms with van der Waals surface area (Å²) in [5.41, 5.74) is 6.00. The Kier molecular flexibility index (Phi) is 2.13. The van der Waals surface area contributed by atoms with E-state index in [0.717, 1.165) is 6.42 Å². The molecule has 0 fully saturated rings. The molecule has 0 amide bonds. The number of allylic oxidation sites excluding steroid dienone is 3. The van der Waals surface area contributed by atoms with Crippen LogP contribution in [0.3, 0.4) is 0 Å². The Bertz CT molecular complexity index is 210. The molecule has 0 nitrogen and oxygen atoms in total. The molecule has 0 aliphatic heterocycles. The smallest absolute Gasteiger partial charge is 0.00592 e. The van der Waals surface area contributed by atoms with Crippen LogP contribution in [0.2, 0.25) is 0 Å². The van der Waals surface area contributed by atoms with E-state index >= 15 is 0 Å². The number of hydrogen-bond donors (Lipinski definition) is 0. The van der Waals surface area contributed by atoms with Gasteiger partial charge in [0.1, 0.15) is 0 Å². The van der Waals surface area contributed by atoms with Crippen molar-refractivity contribution in [2.24, 2.45) is 5.92 Å². The Morgan fingerprint density at radius 3 is 2.60 bits per heavy atom. The molecular formula is C10H14. The fourth-order valence-electron chi connectivity index (χ4n) is 0.998. The Balaban J connectivity index is 2.78. The highest BCUT2D eigenvalue weighted by molar-refractivity contribution is 5.27. The van der Waals surface area contributed by atoms with Gasteiger partial charge in [-0.2, -0.15) is 0 Å². The number of rotatable bonds is 1. The molecule has 0 aromatic carbocycles. The first-order chi connectivity index (χ1) is 4.70. The summed E-state index contributed by atoms with van der Waals surface area (Å²) >= 11 is 0. The third kappa shape index (κ3) is 1.62. The predicted octanol–water partition coefficient (Wildman–Crippen LogP) is 3.07. The summed E-state index contributed by atoms with van der Waals surface area (Å²) in [5.74, 6) is 0.653. The van der Waals surface area contributed by atoms with Crippen LogP contribution in [0.5, 0.6) is 0 Å². The van der Waals surface area contributed by atoms with Gasteiger partial charge in [-0.3, -0.25) is 0 Å². The van der Waals surface area contributed by atoms with E-state index in [-0.39, 0.29) is 0 Å². The van der Waals surface area contributed by atoms with E-state index in [9.17, 15) is 0 Å². The van der Waals surface area contributed by atoms with Gasteiger partial charge in [0.05, 0.1) is 0 Å². The maximum absolute atomic E-state index is 3.24. The van der Waals surface area contributed by atoms with E-state index in [0.29, 0.717) is 5.92 Å². The Morgan fingerprint density at radius 1 is 1.50 bits per heavy atom. The summed E-state index contributed by atoms with van der Waals surface area (Å²) in [5, 5.41) is 0. The molecule has 0 aromatic rings. The third-order valence-corrected chi connectivity index (χ3v) is 1.80. The van der Waals surface area contributed by atoms with Crippen LogP contribution < -0.4 is 0 Å². The summed E-state index contributed by atoms with van der Waals surface area (Å²) in [4.78, 5) is 0. The fourth-order valence-corrected chi connectivity index (χ4v) is 0.998. The lowest BCUT2D eigenvalue weighted by atomic mass is 9.97. The van der Waals surface area contributed by atoms with Gasteiger partial charge in [-0.05, 0) is 36.5 Å². The van der Waals surface area contributed by atoms with E-state index in [2.05, 4.69) is 38.7 Å². The molecule has 0 heterocycles. The van der Waals surface area contributed by atoms with Crippen LogP contribution in [0.15, 0.2) is 29.0 Å². The van der Waals surface area contributed by atoms with Gasteiger partial charge in [-0.15, -0.1) is 5.73 Å². The minimum Gasteiger partial charge on any atom is -0.121 e. The largest absolute Gasteiger partial charge is 0.121 e. The molecule has 10 heavy (non-hydrogen) atoms. The highest BCUT2D eigenvalue weighted by Crippen LogP contribution is 2.17. The summed E-state index contributed by atoms with van der Waals surface area (Å²) < 4.78 is 0. The minimum absolute atomic E-state index is 0.653. The van der Waals surface area contributed by atoms with E-state index < -0.39 is 0 Å². The van der Waals surface area contributed by atoms with Gasteiger partial charge < -0.3 is 0 Å². The third-order valence-electron chi connectivity index (χ3n) is 1.80. The average molecular weight is 134 g/mol. The molecular weight excluding hydrogens is 120 g/mol. The molecule has 1 rings (SSSR count). The molecule has 1 aliphatic rings. The molecule has 0 bridgehead atoms. The molecule has 0 saturated carbocycles. The zero-order chi connectivity index (χ0) is 7.56. The van der Waals surface area contributed by atoms with Gasteiger partial charge in [-0.1, -0.05) is 19.9 Å². The van der Waals surface area contributed by atoms with Crippen LogP contribution in [0.25, 0.3) is 0 Å². The summed E-state index contributed by atoms with van der Waals surface area (Å²) in [6.45, 7) is 6.54. The maximum Gasteiger partial charge on any atom is -0.00592 e. The van der Waals surface area contributed by atoms with Crippen molar-refractivity contribution in [2.75, 3.05) is 0 Å². The normalized spacial score (nSPS) is 17.2. The molecule has 0 aromatic heterocycles. The van der Waals surface area contributed by atoms with E-state index in [1.165, 1.54) is 11.1 Å². The van der Waals surface area contributed by atoms with Gasteiger partial charge in [0.25, 0.3) is 0 Å². The van der Waals surface area contributed by atoms with Crippen molar-refractivity contribution in [3.8, 4) is 0 Å². The summed E-state index contributed by atoms with van der Waals surface area (Å²) in [6, 6.07) is 0. The van der Waals surface area contributed by atoms with Crippen LogP contribution >= 0.6 is 0 Å². The maximum atomic E-state index is 3.24. The highest BCUT2D eigenvalue weighted by atomic mass is 14.1. The molecule has 0 unspecified atom stereocenters. The Labute approximate surface area is 62.9 Å². The van der Waals surface area contributed by atoms with Crippen LogP contribution in [0, 0.1) is 5.92 Å². The SMILES string of the molecule is CC1=C=CC(C(C)C)=CC1. The Hall–Kier alpha value is -0.740. The first-order valence-electron chi connectivity index (χ1n) is 3.82. The predicted molar refractivity (Wildman–Crippen MR) is 44.8 cm³/mol. The van der Waals surface area contributed by atoms with Crippen molar-refractivity contribution >= 4 is 0 Å². The van der Waals surface area contributed by atoms with Crippen molar-refractivity contribution in [1.29, 1.82) is 0 Å². The number of hydrogen-bond acceptors (Lipinski definition) is 0. The molecule has 0 atom stereocenters. The lowest BCUT2D eigenvalue weighted by Crippen LogP contribution is -1.92. The fraction of sp³-hybridized carbons (Fsp3) is 0.500. The average Bonchev–Trinajstić information content (AvgIpc) is 1.88. The molecule has 0 saturated heterocycles. The first-order valence-corrected chi connectivity index (χ1v) is 3.82. The van der Waals surface area contributed by atoms with Crippen LogP contribution in [-0.4, -0.2) is 0 Å². The second-order valence-electron chi connectivity index (χ2n) is 3.13. The van der Waals surface area contributed by atoms with Crippen molar-refractivity contribution in [3.63, 3.8) is 0 Å². The van der Waals surface area contributed by atoms with Crippen molar-refractivity contribution < 1.29 is 0 Å². The van der Waals surface area contributed by atoms with Crippen LogP contribution in [0.4, 0.5) is 0 Å². The zero-order valence-corrected chi connectivity index (χ0v) is 6.94. The topological polar surface area (TPSA) is 0 Å².